The Bertz CT molecular complexity index is 768. The zero-order valence-corrected chi connectivity index (χ0v) is 20.9. The maximum absolute atomic E-state index is 4.78. The van der Waals surface area contributed by atoms with Crippen LogP contribution >= 0.6 is 35.3 Å². The van der Waals surface area contributed by atoms with Crippen molar-refractivity contribution in [1.82, 2.24) is 20.5 Å². The summed E-state index contributed by atoms with van der Waals surface area (Å²) in [4.78, 5) is 11.9. The molecule has 3 rings (SSSR count). The highest BCUT2D eigenvalue weighted by Crippen LogP contribution is 2.19. The fraction of sp³-hybridized carbons (Fsp3) is 0.545. The van der Waals surface area contributed by atoms with Crippen molar-refractivity contribution in [2.24, 2.45) is 10.9 Å². The van der Waals surface area contributed by atoms with Gasteiger partial charge in [-0.1, -0.05) is 24.3 Å². The first-order valence-corrected chi connectivity index (χ1v) is 11.2. The maximum atomic E-state index is 4.78. The molecule has 0 unspecified atom stereocenters. The molecule has 0 aliphatic carbocycles. The first-order chi connectivity index (χ1) is 13.6. The molecule has 5 nitrogen and oxygen atoms in total. The lowest BCUT2D eigenvalue weighted by Crippen LogP contribution is -2.42. The Morgan fingerprint density at radius 1 is 1.21 bits per heavy atom. The summed E-state index contributed by atoms with van der Waals surface area (Å²) in [5, 5.41) is 10.3. The summed E-state index contributed by atoms with van der Waals surface area (Å²) in [5.74, 6) is 1.63. The number of aromatic nitrogens is 1. The van der Waals surface area contributed by atoms with Gasteiger partial charge in [0.25, 0.3) is 0 Å². The molecule has 0 spiro atoms. The average molecular weight is 528 g/mol. The van der Waals surface area contributed by atoms with Crippen LogP contribution in [0.1, 0.15) is 41.6 Å². The standard InChI is InChI=1S/C22H33N5S.HI/c1-4-23-22(25-14-20-8-6-5-7-17(20)2)24-13-19-9-11-27(12-10-19)15-21-16-28-18(3)26-21;/h5-8,16,19H,4,9-15H2,1-3H3,(H2,23,24,25);1H. The van der Waals surface area contributed by atoms with E-state index in [-0.39, 0.29) is 24.0 Å². The molecule has 2 heterocycles. The molecule has 1 aliphatic heterocycles. The van der Waals surface area contributed by atoms with Gasteiger partial charge in [-0.3, -0.25) is 4.90 Å². The molecule has 7 heteroatoms. The fourth-order valence-corrected chi connectivity index (χ4v) is 4.20. The lowest BCUT2D eigenvalue weighted by Gasteiger charge is -2.31. The van der Waals surface area contributed by atoms with Crippen LogP contribution in [0.3, 0.4) is 0 Å². The number of guanidine groups is 1. The molecule has 0 amide bonds. The van der Waals surface area contributed by atoms with E-state index in [1.165, 1.54) is 29.7 Å². The molecule has 160 valence electrons. The summed E-state index contributed by atoms with van der Waals surface area (Å²) < 4.78 is 0. The predicted molar refractivity (Wildman–Crippen MR) is 134 cm³/mol. The molecule has 1 fully saturated rings. The summed E-state index contributed by atoms with van der Waals surface area (Å²) in [6.45, 7) is 12.2. The van der Waals surface area contributed by atoms with E-state index in [1.807, 2.05) is 0 Å². The van der Waals surface area contributed by atoms with Gasteiger partial charge < -0.3 is 10.6 Å². The van der Waals surface area contributed by atoms with Gasteiger partial charge in [0.2, 0.25) is 0 Å². The number of piperidine rings is 1. The number of likely N-dealkylation sites (tertiary alicyclic amines) is 1. The van der Waals surface area contributed by atoms with E-state index in [9.17, 15) is 0 Å². The number of aryl methyl sites for hydroxylation is 2. The second-order valence-corrected chi connectivity index (χ2v) is 8.64. The van der Waals surface area contributed by atoms with Gasteiger partial charge in [-0.15, -0.1) is 35.3 Å². The number of thiazole rings is 1. The van der Waals surface area contributed by atoms with Gasteiger partial charge in [-0.05, 0) is 63.7 Å². The van der Waals surface area contributed by atoms with Crippen LogP contribution in [0.25, 0.3) is 0 Å². The van der Waals surface area contributed by atoms with Gasteiger partial charge in [0.15, 0.2) is 5.96 Å². The second-order valence-electron chi connectivity index (χ2n) is 7.58. The SMILES string of the molecule is CCNC(=NCc1ccccc1C)NCC1CCN(Cc2csc(C)n2)CC1.I. The first kappa shape index (κ1) is 24.1. The number of rotatable bonds is 7. The number of aliphatic imine (C=N–C) groups is 1. The number of nitrogens with one attached hydrogen (secondary N) is 2. The molecular weight excluding hydrogens is 493 g/mol. The average Bonchev–Trinajstić information content (AvgIpc) is 3.11. The van der Waals surface area contributed by atoms with Gasteiger partial charge in [0, 0.05) is 25.0 Å². The monoisotopic (exact) mass is 527 g/mol. The van der Waals surface area contributed by atoms with Gasteiger partial charge in [0.1, 0.15) is 0 Å². The molecule has 2 N–H and O–H groups in total. The highest BCUT2D eigenvalue weighted by molar-refractivity contribution is 14.0. The van der Waals surface area contributed by atoms with Gasteiger partial charge in [-0.25, -0.2) is 9.98 Å². The molecule has 1 aromatic carbocycles. The van der Waals surface area contributed by atoms with Crippen molar-refractivity contribution in [2.75, 3.05) is 26.2 Å². The van der Waals surface area contributed by atoms with E-state index in [0.29, 0.717) is 12.5 Å². The van der Waals surface area contributed by atoms with Crippen molar-refractivity contribution in [1.29, 1.82) is 0 Å². The van der Waals surface area contributed by atoms with E-state index in [2.05, 4.69) is 70.9 Å². The summed E-state index contributed by atoms with van der Waals surface area (Å²) in [7, 11) is 0. The van der Waals surface area contributed by atoms with Crippen LogP contribution in [-0.2, 0) is 13.1 Å². The molecular formula is C22H34IN5S. The summed E-state index contributed by atoms with van der Waals surface area (Å²) in [5.41, 5.74) is 3.80. The smallest absolute Gasteiger partial charge is 0.191 e. The molecule has 29 heavy (non-hydrogen) atoms. The molecule has 1 saturated heterocycles. The Morgan fingerprint density at radius 2 is 1.97 bits per heavy atom. The maximum Gasteiger partial charge on any atom is 0.191 e. The Kier molecular flexibility index (Phi) is 10.4. The summed E-state index contributed by atoms with van der Waals surface area (Å²) >= 11 is 1.75. The highest BCUT2D eigenvalue weighted by Gasteiger charge is 2.20. The quantitative estimate of drug-likeness (QED) is 0.320. The molecule has 0 saturated carbocycles. The van der Waals surface area contributed by atoms with Crippen molar-refractivity contribution in [2.45, 2.75) is 46.7 Å². The third-order valence-electron chi connectivity index (χ3n) is 5.33. The van der Waals surface area contributed by atoms with Gasteiger partial charge in [-0.2, -0.15) is 0 Å². The largest absolute Gasteiger partial charge is 0.357 e. The van der Waals surface area contributed by atoms with Crippen LogP contribution in [0.4, 0.5) is 0 Å². The Hall–Kier alpha value is -1.19. The minimum Gasteiger partial charge on any atom is -0.357 e. The van der Waals surface area contributed by atoms with Gasteiger partial charge in [0.05, 0.1) is 17.2 Å². The minimum atomic E-state index is 0. The fourth-order valence-electron chi connectivity index (χ4n) is 3.59. The van der Waals surface area contributed by atoms with E-state index in [0.717, 1.165) is 43.7 Å². The van der Waals surface area contributed by atoms with Crippen LogP contribution in [0.15, 0.2) is 34.6 Å². The molecule has 2 aromatic rings. The zero-order valence-electron chi connectivity index (χ0n) is 17.8. The number of hydrogen-bond donors (Lipinski definition) is 2. The van der Waals surface area contributed by atoms with Crippen LogP contribution in [-0.4, -0.2) is 42.0 Å². The Morgan fingerprint density at radius 3 is 2.62 bits per heavy atom. The third kappa shape index (κ3) is 7.86. The number of benzene rings is 1. The van der Waals surface area contributed by atoms with Crippen LogP contribution < -0.4 is 10.6 Å². The zero-order chi connectivity index (χ0) is 19.8. The summed E-state index contributed by atoms with van der Waals surface area (Å²) in [6, 6.07) is 8.46. The molecule has 0 radical (unpaired) electrons. The lowest BCUT2D eigenvalue weighted by molar-refractivity contribution is 0.176. The second kappa shape index (κ2) is 12.5. The number of halogens is 1. The third-order valence-corrected chi connectivity index (χ3v) is 6.15. The summed E-state index contributed by atoms with van der Waals surface area (Å²) in [6.07, 6.45) is 2.46. The predicted octanol–water partition coefficient (Wildman–Crippen LogP) is 4.35. The van der Waals surface area contributed by atoms with Crippen LogP contribution in [0.2, 0.25) is 0 Å². The van der Waals surface area contributed by atoms with Crippen molar-refractivity contribution >= 4 is 41.3 Å². The van der Waals surface area contributed by atoms with Crippen LogP contribution in [0.5, 0.6) is 0 Å². The van der Waals surface area contributed by atoms with Crippen LogP contribution in [0, 0.1) is 19.8 Å². The first-order valence-electron chi connectivity index (χ1n) is 10.3. The van der Waals surface area contributed by atoms with Gasteiger partial charge >= 0.3 is 0 Å². The van der Waals surface area contributed by atoms with E-state index < -0.39 is 0 Å². The minimum absolute atomic E-state index is 0. The van der Waals surface area contributed by atoms with Crippen molar-refractivity contribution < 1.29 is 0 Å². The Labute approximate surface area is 196 Å². The van der Waals surface area contributed by atoms with E-state index >= 15 is 0 Å². The van der Waals surface area contributed by atoms with Crippen molar-refractivity contribution in [3.63, 3.8) is 0 Å². The van der Waals surface area contributed by atoms with E-state index in [1.54, 1.807) is 11.3 Å². The molecule has 0 bridgehead atoms. The molecule has 1 aliphatic rings. The van der Waals surface area contributed by atoms with Crippen molar-refractivity contribution in [3.05, 3.63) is 51.5 Å². The Balaban J connectivity index is 0.00000300. The lowest BCUT2D eigenvalue weighted by atomic mass is 9.97. The van der Waals surface area contributed by atoms with Crippen molar-refractivity contribution in [3.8, 4) is 0 Å². The number of hydrogen-bond acceptors (Lipinski definition) is 4. The number of nitrogens with zero attached hydrogens (tertiary/aromatic N) is 3. The topological polar surface area (TPSA) is 52.6 Å². The molecule has 0 atom stereocenters. The highest BCUT2D eigenvalue weighted by atomic mass is 127. The molecule has 1 aromatic heterocycles. The normalized spacial score (nSPS) is 15.8. The van der Waals surface area contributed by atoms with E-state index in [4.69, 9.17) is 4.99 Å².